The average molecular weight is 305 g/mol. The van der Waals surface area contributed by atoms with Crippen molar-refractivity contribution in [2.24, 2.45) is 5.92 Å². The molecular formula is C17H23NO4. The number of rotatable bonds is 6. The van der Waals surface area contributed by atoms with Gasteiger partial charge in [-0.25, -0.2) is 0 Å². The first kappa shape index (κ1) is 16.3. The molecule has 22 heavy (non-hydrogen) atoms. The van der Waals surface area contributed by atoms with Crippen LogP contribution in [0.1, 0.15) is 44.7 Å². The fraction of sp³-hybridized carbons (Fsp3) is 0.529. The number of hydrogen-bond acceptors (Lipinski definition) is 4. The van der Waals surface area contributed by atoms with Crippen molar-refractivity contribution < 1.29 is 19.1 Å². The number of amides is 1. The Labute approximate surface area is 131 Å². The number of benzene rings is 1. The van der Waals surface area contributed by atoms with Gasteiger partial charge in [0, 0.05) is 18.4 Å². The van der Waals surface area contributed by atoms with Crippen LogP contribution in [0.25, 0.3) is 0 Å². The molecule has 1 atom stereocenters. The zero-order chi connectivity index (χ0) is 15.9. The summed E-state index contributed by atoms with van der Waals surface area (Å²) in [6.45, 7) is 4.43. The highest BCUT2D eigenvalue weighted by Gasteiger charge is 2.22. The molecule has 1 aliphatic rings. The van der Waals surface area contributed by atoms with Crippen LogP contribution in [0.3, 0.4) is 0 Å². The Morgan fingerprint density at radius 1 is 1.36 bits per heavy atom. The lowest BCUT2D eigenvalue weighted by Crippen LogP contribution is -2.35. The summed E-state index contributed by atoms with van der Waals surface area (Å²) in [5, 5.41) is 2.90. The van der Waals surface area contributed by atoms with Gasteiger partial charge >= 0.3 is 5.97 Å². The van der Waals surface area contributed by atoms with Gasteiger partial charge in [0.15, 0.2) is 6.61 Å². The standard InChI is InChI=1S/C17H23NO4/c1-12(2)7-8-17(20)22-11-16(19)18-14-9-10-21-15-6-4-3-5-13(14)15/h3-6,12,14H,7-11H2,1-2H3,(H,18,19). The summed E-state index contributed by atoms with van der Waals surface area (Å²) in [4.78, 5) is 23.5. The Morgan fingerprint density at radius 2 is 2.14 bits per heavy atom. The summed E-state index contributed by atoms with van der Waals surface area (Å²) < 4.78 is 10.6. The molecule has 0 bridgehead atoms. The Morgan fingerprint density at radius 3 is 2.91 bits per heavy atom. The topological polar surface area (TPSA) is 64.6 Å². The van der Waals surface area contributed by atoms with Crippen LogP contribution in [0, 0.1) is 5.92 Å². The van der Waals surface area contributed by atoms with Gasteiger partial charge in [-0.3, -0.25) is 9.59 Å². The molecule has 0 saturated heterocycles. The zero-order valence-corrected chi connectivity index (χ0v) is 13.1. The molecule has 0 spiro atoms. The van der Waals surface area contributed by atoms with Gasteiger partial charge in [0.05, 0.1) is 12.6 Å². The first-order chi connectivity index (χ1) is 10.6. The van der Waals surface area contributed by atoms with Crippen LogP contribution in [0.2, 0.25) is 0 Å². The van der Waals surface area contributed by atoms with Crippen molar-refractivity contribution in [3.05, 3.63) is 29.8 Å². The molecule has 0 aliphatic carbocycles. The maximum Gasteiger partial charge on any atom is 0.306 e. The number of ether oxygens (including phenoxy) is 2. The van der Waals surface area contributed by atoms with Gasteiger partial charge in [0.25, 0.3) is 5.91 Å². The lowest BCUT2D eigenvalue weighted by molar-refractivity contribution is -0.149. The number of fused-ring (bicyclic) bond motifs is 1. The monoisotopic (exact) mass is 305 g/mol. The van der Waals surface area contributed by atoms with Crippen LogP contribution in [-0.2, 0) is 14.3 Å². The molecular weight excluding hydrogens is 282 g/mol. The van der Waals surface area contributed by atoms with Crippen LogP contribution in [0.5, 0.6) is 5.75 Å². The third-order valence-electron chi connectivity index (χ3n) is 3.58. The molecule has 1 aliphatic heterocycles. The summed E-state index contributed by atoms with van der Waals surface area (Å²) >= 11 is 0. The average Bonchev–Trinajstić information content (AvgIpc) is 2.51. The van der Waals surface area contributed by atoms with Gasteiger partial charge in [-0.15, -0.1) is 0 Å². The minimum atomic E-state index is -0.323. The molecule has 1 amide bonds. The van der Waals surface area contributed by atoms with E-state index >= 15 is 0 Å². The maximum absolute atomic E-state index is 11.9. The molecule has 1 N–H and O–H groups in total. The molecule has 2 rings (SSSR count). The molecule has 1 heterocycles. The van der Waals surface area contributed by atoms with Crippen molar-refractivity contribution in [2.45, 2.75) is 39.2 Å². The smallest absolute Gasteiger partial charge is 0.306 e. The normalized spacial score (nSPS) is 16.6. The van der Waals surface area contributed by atoms with Gasteiger partial charge < -0.3 is 14.8 Å². The highest BCUT2D eigenvalue weighted by molar-refractivity contribution is 5.81. The highest BCUT2D eigenvalue weighted by Crippen LogP contribution is 2.31. The van der Waals surface area contributed by atoms with Crippen LogP contribution >= 0.6 is 0 Å². The Balaban J connectivity index is 1.80. The van der Waals surface area contributed by atoms with Crippen molar-refractivity contribution in [3.63, 3.8) is 0 Å². The summed E-state index contributed by atoms with van der Waals surface area (Å²) in [6.07, 6.45) is 1.84. The number of esters is 1. The summed E-state index contributed by atoms with van der Waals surface area (Å²) in [6, 6.07) is 7.55. The van der Waals surface area contributed by atoms with E-state index in [1.165, 1.54) is 0 Å². The van der Waals surface area contributed by atoms with Gasteiger partial charge in [-0.05, 0) is 18.4 Å². The van der Waals surface area contributed by atoms with E-state index in [2.05, 4.69) is 5.32 Å². The van der Waals surface area contributed by atoms with Crippen molar-refractivity contribution in [3.8, 4) is 5.75 Å². The van der Waals surface area contributed by atoms with E-state index in [0.717, 1.165) is 17.7 Å². The van der Waals surface area contributed by atoms with Gasteiger partial charge in [-0.2, -0.15) is 0 Å². The maximum atomic E-state index is 11.9. The Kier molecular flexibility index (Phi) is 5.81. The fourth-order valence-corrected chi connectivity index (χ4v) is 2.35. The Bertz CT molecular complexity index is 527. The number of para-hydroxylation sites is 1. The molecule has 0 radical (unpaired) electrons. The van der Waals surface area contributed by atoms with E-state index in [0.29, 0.717) is 25.4 Å². The number of hydrogen-bond donors (Lipinski definition) is 1. The first-order valence-electron chi connectivity index (χ1n) is 7.73. The summed E-state index contributed by atoms with van der Waals surface area (Å²) in [5.41, 5.74) is 0.966. The van der Waals surface area contributed by atoms with Gasteiger partial charge in [-0.1, -0.05) is 32.0 Å². The molecule has 1 aromatic rings. The van der Waals surface area contributed by atoms with E-state index < -0.39 is 0 Å². The van der Waals surface area contributed by atoms with Crippen molar-refractivity contribution in [2.75, 3.05) is 13.2 Å². The zero-order valence-electron chi connectivity index (χ0n) is 13.1. The molecule has 0 saturated carbocycles. The minimum Gasteiger partial charge on any atom is -0.493 e. The first-order valence-corrected chi connectivity index (χ1v) is 7.73. The van der Waals surface area contributed by atoms with Crippen LogP contribution in [0.15, 0.2) is 24.3 Å². The van der Waals surface area contributed by atoms with E-state index in [-0.39, 0.29) is 24.5 Å². The van der Waals surface area contributed by atoms with E-state index in [4.69, 9.17) is 9.47 Å². The molecule has 5 heteroatoms. The molecule has 0 fully saturated rings. The SMILES string of the molecule is CC(C)CCC(=O)OCC(=O)NC1CCOc2ccccc21. The third kappa shape index (κ3) is 4.76. The van der Waals surface area contributed by atoms with Gasteiger partial charge in [0.2, 0.25) is 0 Å². The summed E-state index contributed by atoms with van der Waals surface area (Å²) in [7, 11) is 0. The molecule has 0 aromatic heterocycles. The fourth-order valence-electron chi connectivity index (χ4n) is 2.35. The van der Waals surface area contributed by atoms with Crippen LogP contribution < -0.4 is 10.1 Å². The molecule has 1 aromatic carbocycles. The van der Waals surface area contributed by atoms with E-state index in [1.807, 2.05) is 38.1 Å². The Hall–Kier alpha value is -2.04. The van der Waals surface area contributed by atoms with Gasteiger partial charge in [0.1, 0.15) is 5.75 Å². The van der Waals surface area contributed by atoms with Crippen molar-refractivity contribution in [1.82, 2.24) is 5.32 Å². The quantitative estimate of drug-likeness (QED) is 0.821. The number of carbonyl (C=O) groups excluding carboxylic acids is 2. The molecule has 1 unspecified atom stereocenters. The van der Waals surface area contributed by atoms with Crippen molar-refractivity contribution in [1.29, 1.82) is 0 Å². The summed E-state index contributed by atoms with van der Waals surface area (Å²) in [5.74, 6) is 0.643. The largest absolute Gasteiger partial charge is 0.493 e. The second-order valence-corrected chi connectivity index (χ2v) is 5.89. The second kappa shape index (κ2) is 7.82. The number of nitrogens with one attached hydrogen (secondary N) is 1. The number of carbonyl (C=O) groups is 2. The minimum absolute atomic E-state index is 0.0909. The lowest BCUT2D eigenvalue weighted by atomic mass is 10.0. The van der Waals surface area contributed by atoms with Crippen molar-refractivity contribution >= 4 is 11.9 Å². The third-order valence-corrected chi connectivity index (χ3v) is 3.58. The van der Waals surface area contributed by atoms with E-state index in [9.17, 15) is 9.59 Å². The van der Waals surface area contributed by atoms with E-state index in [1.54, 1.807) is 0 Å². The van der Waals surface area contributed by atoms with Crippen LogP contribution in [-0.4, -0.2) is 25.1 Å². The predicted molar refractivity (Wildman–Crippen MR) is 82.5 cm³/mol. The lowest BCUT2D eigenvalue weighted by Gasteiger charge is -2.26. The van der Waals surface area contributed by atoms with Crippen LogP contribution in [0.4, 0.5) is 0 Å². The molecule has 120 valence electrons. The predicted octanol–water partition coefficient (Wildman–Crippen LogP) is 2.61. The second-order valence-electron chi connectivity index (χ2n) is 5.89. The molecule has 5 nitrogen and oxygen atoms in total. The highest BCUT2D eigenvalue weighted by atomic mass is 16.5.